The number of aliphatic hydroxyl groups excluding tert-OH is 1. The number of carbonyl (C=O) groups is 4. The number of carbonyl (C=O) groups excluding carboxylic acids is 4. The largest absolute Gasteiger partial charge is 0.497 e. The number of aryl methyl sites for hydroxylation is 1. The van der Waals surface area contributed by atoms with E-state index in [0.29, 0.717) is 57.2 Å². The molecule has 10 atom stereocenters. The number of nitrogens with two attached hydrogens (primary N) is 4. The molecular weight excluding hydrogens is 789 g/mol. The lowest BCUT2D eigenvalue weighted by atomic mass is 9.43. The topological polar surface area (TPSA) is 271 Å². The molecule has 4 fully saturated rings. The quantitative estimate of drug-likeness (QED) is 0.0408. The molecule has 2 aromatic rings. The molecule has 16 nitrogen and oxygen atoms in total. The van der Waals surface area contributed by atoms with Crippen LogP contribution in [0.3, 0.4) is 0 Å². The molecule has 1 heterocycles. The van der Waals surface area contributed by atoms with Crippen LogP contribution in [0.1, 0.15) is 104 Å². The molecule has 342 valence electrons. The summed E-state index contributed by atoms with van der Waals surface area (Å²) in [6, 6.07) is 12.6. The van der Waals surface area contributed by atoms with Gasteiger partial charge in [0.1, 0.15) is 18.1 Å². The van der Waals surface area contributed by atoms with Crippen LogP contribution < -0.4 is 49.5 Å². The number of nitrogens with one attached hydrogen (secondary N) is 5. The van der Waals surface area contributed by atoms with Crippen molar-refractivity contribution in [3.63, 3.8) is 0 Å². The second kappa shape index (κ2) is 22.1. The lowest BCUT2D eigenvalue weighted by Crippen LogP contribution is -2.65. The molecule has 1 unspecified atom stereocenters. The minimum atomic E-state index is -1.63. The summed E-state index contributed by atoms with van der Waals surface area (Å²) in [6.07, 6.45) is 4.50. The summed E-state index contributed by atoms with van der Waals surface area (Å²) >= 11 is 0. The molecule has 4 amide bonds. The number of hydrogen-bond acceptors (Lipinski definition) is 12. The highest BCUT2D eigenvalue weighted by molar-refractivity contribution is 6.47. The maximum absolute atomic E-state index is 13.5. The molecular formula is C45H72BN9O7. The van der Waals surface area contributed by atoms with Gasteiger partial charge in [-0.15, -0.1) is 0 Å². The van der Waals surface area contributed by atoms with Crippen molar-refractivity contribution in [2.24, 2.45) is 40.2 Å². The first-order chi connectivity index (χ1) is 29.5. The smallest absolute Gasteiger partial charge is 0.403 e. The Hall–Kier alpha value is -3.94. The van der Waals surface area contributed by atoms with Gasteiger partial charge in [-0.3, -0.25) is 19.2 Å². The number of benzene rings is 2. The predicted molar refractivity (Wildman–Crippen MR) is 240 cm³/mol. The molecule has 3 saturated carbocycles. The summed E-state index contributed by atoms with van der Waals surface area (Å²) in [7, 11) is -0.873. The molecule has 0 aromatic heterocycles. The highest BCUT2D eigenvalue weighted by Gasteiger charge is 2.68. The molecule has 4 aliphatic rings. The molecule has 2 aromatic carbocycles. The molecule has 62 heavy (non-hydrogen) atoms. The normalized spacial score (nSPS) is 24.0. The van der Waals surface area contributed by atoms with Crippen LogP contribution in [0.5, 0.6) is 0 Å². The van der Waals surface area contributed by atoms with E-state index < -0.39 is 72.8 Å². The van der Waals surface area contributed by atoms with Gasteiger partial charge < -0.3 is 63.9 Å². The van der Waals surface area contributed by atoms with Gasteiger partial charge in [0, 0.05) is 6.54 Å². The van der Waals surface area contributed by atoms with E-state index in [0.717, 1.165) is 30.4 Å². The number of unbranched alkanes of at least 4 members (excludes halogenated alkanes) is 2. The highest BCUT2D eigenvalue weighted by Crippen LogP contribution is 2.65. The maximum atomic E-state index is 13.5. The van der Waals surface area contributed by atoms with Gasteiger partial charge in [-0.1, -0.05) is 75.7 Å². The molecule has 0 radical (unpaired) electrons. The van der Waals surface area contributed by atoms with Crippen LogP contribution in [0.15, 0.2) is 48.5 Å². The van der Waals surface area contributed by atoms with Crippen molar-refractivity contribution in [1.82, 2.24) is 26.6 Å². The van der Waals surface area contributed by atoms with Crippen molar-refractivity contribution >= 4 is 30.7 Å². The van der Waals surface area contributed by atoms with Gasteiger partial charge >= 0.3 is 7.12 Å². The van der Waals surface area contributed by atoms with Crippen molar-refractivity contribution in [2.75, 3.05) is 13.1 Å². The Morgan fingerprint density at radius 1 is 0.806 bits per heavy atom. The summed E-state index contributed by atoms with van der Waals surface area (Å²) in [5, 5.41) is 23.9. The second-order valence-corrected chi connectivity index (χ2v) is 18.4. The van der Waals surface area contributed by atoms with E-state index in [4.69, 9.17) is 32.2 Å². The third-order valence-electron chi connectivity index (χ3n) is 13.4. The molecule has 6 rings (SSSR count). The van der Waals surface area contributed by atoms with Gasteiger partial charge in [0.25, 0.3) is 5.91 Å². The molecule has 14 N–H and O–H groups in total. The van der Waals surface area contributed by atoms with Gasteiger partial charge in [0.2, 0.25) is 17.7 Å². The Balaban J connectivity index is 1.04. The van der Waals surface area contributed by atoms with Gasteiger partial charge in [-0.2, -0.15) is 0 Å². The number of aliphatic hydroxyl groups is 1. The van der Waals surface area contributed by atoms with Crippen molar-refractivity contribution in [2.45, 2.75) is 154 Å². The molecule has 17 heteroatoms. The number of hydrogen-bond donors (Lipinski definition) is 10. The Morgan fingerprint density at radius 2 is 1.47 bits per heavy atom. The van der Waals surface area contributed by atoms with E-state index in [1.807, 2.05) is 0 Å². The number of rotatable bonds is 24. The Kier molecular flexibility index (Phi) is 17.5. The number of amides is 4. The monoisotopic (exact) mass is 862 g/mol. The average molecular weight is 862 g/mol. The maximum Gasteiger partial charge on any atom is 0.497 e. The van der Waals surface area contributed by atoms with Gasteiger partial charge in [0.15, 0.2) is 6.17 Å². The summed E-state index contributed by atoms with van der Waals surface area (Å²) in [5.41, 5.74) is 28.8. The minimum Gasteiger partial charge on any atom is -0.403 e. The van der Waals surface area contributed by atoms with Crippen molar-refractivity contribution in [3.05, 3.63) is 59.7 Å². The molecule has 3 aliphatic carbocycles. The zero-order chi connectivity index (χ0) is 45.2. The molecule has 2 bridgehead atoms. The third-order valence-corrected chi connectivity index (χ3v) is 13.4. The Morgan fingerprint density at radius 3 is 2.08 bits per heavy atom. The Bertz CT molecular complexity index is 1800. The van der Waals surface area contributed by atoms with Gasteiger partial charge in [-0.25, -0.2) is 0 Å². The summed E-state index contributed by atoms with van der Waals surface area (Å²) < 4.78 is 12.6. The van der Waals surface area contributed by atoms with E-state index in [1.165, 1.54) is 30.9 Å². The summed E-state index contributed by atoms with van der Waals surface area (Å²) in [6.45, 7) is 11.7. The lowest BCUT2D eigenvalue weighted by Gasteiger charge is -2.64. The van der Waals surface area contributed by atoms with Crippen LogP contribution in [-0.2, 0) is 41.5 Å². The lowest BCUT2D eigenvalue weighted by molar-refractivity contribution is -0.199. The summed E-state index contributed by atoms with van der Waals surface area (Å²) in [4.78, 5) is 53.0. The first-order valence-corrected chi connectivity index (χ1v) is 22.6. The minimum absolute atomic E-state index is 0.131. The fourth-order valence-corrected chi connectivity index (χ4v) is 9.25. The van der Waals surface area contributed by atoms with Crippen molar-refractivity contribution in [3.8, 4) is 11.1 Å². The molecule has 1 saturated heterocycles. The van der Waals surface area contributed by atoms with E-state index in [9.17, 15) is 24.3 Å². The van der Waals surface area contributed by atoms with Crippen LogP contribution in [0.25, 0.3) is 11.1 Å². The Labute approximate surface area is 367 Å². The predicted octanol–water partition coefficient (Wildman–Crippen LogP) is 1.44. The second-order valence-electron chi connectivity index (χ2n) is 18.4. The fraction of sp³-hybridized carbons (Fsp3) is 0.644. The van der Waals surface area contributed by atoms with Crippen LogP contribution in [0.4, 0.5) is 0 Å². The third kappa shape index (κ3) is 12.2. The van der Waals surface area contributed by atoms with E-state index in [2.05, 4.69) is 103 Å². The van der Waals surface area contributed by atoms with Gasteiger partial charge in [-0.05, 0) is 124 Å². The van der Waals surface area contributed by atoms with Crippen molar-refractivity contribution < 1.29 is 33.6 Å². The van der Waals surface area contributed by atoms with Crippen LogP contribution >= 0.6 is 0 Å². The standard InChI is InChI=1S/C45H72BN9O7/c1-6-7-11-28-14-18-30(19-15-28)31-20-16-29(17-21-31)26-51-23-10-12-33(48)39(57)53-37(27(2)56)41(59)54-38(49)42(60)52-34(13-8-9-22-47)40(58)55-43(50)46-61-36-25-32-24-35(44(32,3)4)45(36,5)62-46/h14-21,27,32-38,43,51,56H,6-13,22-26,47-50H2,1-5H3,(H,52,60)(H,53,57)(H,54,59)(H,55,58)/t27-,32+,33+,34+,35+,36?,37+,38-,43-,45+/m1/s1. The van der Waals surface area contributed by atoms with Crippen molar-refractivity contribution in [1.29, 1.82) is 0 Å². The van der Waals surface area contributed by atoms with E-state index in [1.54, 1.807) is 0 Å². The SMILES string of the molecule is CCCCc1ccc(-c2ccc(CNCCC[C@H](N)C(=O)N[C@H](C(=O)N[C@@H](N)C(=O)N[C@@H](CCCCN)C(=O)N[C@@H](N)B3OC4C[C@@H]5C[C@@H](C5(C)C)[C@]4(C)O3)[C@@H](C)O)cc2)cc1. The first-order valence-electron chi connectivity index (χ1n) is 22.6. The van der Waals surface area contributed by atoms with Crippen LogP contribution in [0, 0.1) is 17.3 Å². The van der Waals surface area contributed by atoms with Gasteiger partial charge in [0.05, 0.1) is 23.9 Å². The fourth-order valence-electron chi connectivity index (χ4n) is 9.25. The zero-order valence-electron chi connectivity index (χ0n) is 37.3. The molecule has 1 aliphatic heterocycles. The van der Waals surface area contributed by atoms with Crippen LogP contribution in [0.2, 0.25) is 0 Å². The first kappa shape index (κ1) is 49.1. The van der Waals surface area contributed by atoms with Crippen LogP contribution in [-0.4, -0.2) is 97.1 Å². The van der Waals surface area contributed by atoms with E-state index in [-0.39, 0.29) is 17.9 Å². The zero-order valence-corrected chi connectivity index (χ0v) is 37.3. The summed E-state index contributed by atoms with van der Waals surface area (Å²) in [5.74, 6) is -2.14. The molecule has 0 spiro atoms. The van der Waals surface area contributed by atoms with E-state index >= 15 is 0 Å². The highest BCUT2D eigenvalue weighted by atomic mass is 16.7. The average Bonchev–Trinajstić information content (AvgIpc) is 3.62.